The number of hydrogen-bond donors (Lipinski definition) is 0. The normalized spacial score (nSPS) is 13.5. The van der Waals surface area contributed by atoms with Gasteiger partial charge >= 0.3 is 5.51 Å². The van der Waals surface area contributed by atoms with Crippen molar-refractivity contribution < 1.29 is 26.6 Å². The van der Waals surface area contributed by atoms with E-state index < -0.39 is 22.1 Å². The minimum absolute atomic E-state index is 0.0422. The summed E-state index contributed by atoms with van der Waals surface area (Å²) in [6, 6.07) is 3.76. The van der Waals surface area contributed by atoms with Crippen LogP contribution in [0.1, 0.15) is 17.6 Å². The monoisotopic (exact) mass is 337 g/mol. The predicted molar refractivity (Wildman–Crippen MR) is 73.8 cm³/mol. The average Bonchev–Trinajstić information content (AvgIpc) is 2.79. The van der Waals surface area contributed by atoms with E-state index in [-0.39, 0.29) is 39.4 Å². The number of carbonyl (C=O) groups is 1. The van der Waals surface area contributed by atoms with E-state index in [4.69, 9.17) is 4.42 Å². The van der Waals surface area contributed by atoms with Gasteiger partial charge in [-0.15, -0.1) is 0 Å². The third-order valence-electron chi connectivity index (χ3n) is 2.45. The first kappa shape index (κ1) is 16.0. The molecule has 0 saturated carbocycles. The highest BCUT2D eigenvalue weighted by atomic mass is 32.2. The first-order valence-electron chi connectivity index (χ1n) is 5.83. The molecule has 0 aliphatic heterocycles. The number of oxazole rings is 1. The van der Waals surface area contributed by atoms with Gasteiger partial charge in [-0.3, -0.25) is 9.00 Å². The van der Waals surface area contributed by atoms with Gasteiger partial charge in [0.15, 0.2) is 5.58 Å². The molecule has 0 bridgehead atoms. The maximum atomic E-state index is 12.3. The van der Waals surface area contributed by atoms with E-state index in [1.807, 2.05) is 0 Å². The Morgan fingerprint density at radius 3 is 2.76 bits per heavy atom. The van der Waals surface area contributed by atoms with Gasteiger partial charge < -0.3 is 4.42 Å². The molecule has 0 N–H and O–H groups in total. The summed E-state index contributed by atoms with van der Waals surface area (Å²) in [7, 11) is -1.30. The highest BCUT2D eigenvalue weighted by Crippen LogP contribution is 2.37. The maximum absolute atomic E-state index is 12.3. The van der Waals surface area contributed by atoms with Gasteiger partial charge in [-0.2, -0.15) is 13.2 Å². The standard InChI is InChI=1S/C12H10F3NO3S2/c1-2-21(18)6-9(17)11-16-8-5-7(20-12(13,14)15)3-4-10(8)19-11/h3-5H,2,6H2,1H3. The van der Waals surface area contributed by atoms with Crippen molar-refractivity contribution in [2.45, 2.75) is 17.3 Å². The molecule has 1 unspecified atom stereocenters. The molecule has 1 heterocycles. The first-order chi connectivity index (χ1) is 9.78. The fraction of sp³-hybridized carbons (Fsp3) is 0.333. The number of alkyl halides is 3. The van der Waals surface area contributed by atoms with Crippen LogP contribution in [0.15, 0.2) is 27.5 Å². The van der Waals surface area contributed by atoms with Gasteiger partial charge in [-0.05, 0) is 30.0 Å². The van der Waals surface area contributed by atoms with Crippen LogP contribution in [0.5, 0.6) is 0 Å². The lowest BCUT2D eigenvalue weighted by atomic mass is 10.3. The number of Topliss-reactive ketones (excluding diaryl/α,β-unsaturated/α-hetero) is 1. The Balaban J connectivity index is 2.25. The number of halogens is 3. The van der Waals surface area contributed by atoms with Gasteiger partial charge in [-0.1, -0.05) is 6.92 Å². The molecule has 1 aromatic heterocycles. The third kappa shape index (κ3) is 4.31. The van der Waals surface area contributed by atoms with Gasteiger partial charge in [-0.25, -0.2) is 4.98 Å². The summed E-state index contributed by atoms with van der Waals surface area (Å²) in [6.07, 6.45) is 0. The molecule has 4 nitrogen and oxygen atoms in total. The van der Waals surface area contributed by atoms with Crippen LogP contribution in [0.3, 0.4) is 0 Å². The fourth-order valence-corrected chi connectivity index (χ4v) is 2.73. The van der Waals surface area contributed by atoms with Crippen LogP contribution in [0.25, 0.3) is 11.1 Å². The number of benzene rings is 1. The molecule has 0 radical (unpaired) electrons. The van der Waals surface area contributed by atoms with Crippen molar-refractivity contribution in [1.29, 1.82) is 0 Å². The molecule has 0 amide bonds. The maximum Gasteiger partial charge on any atom is 0.446 e. The Morgan fingerprint density at radius 2 is 2.14 bits per heavy atom. The molecule has 0 fully saturated rings. The number of fused-ring (bicyclic) bond motifs is 1. The molecule has 0 aliphatic rings. The Bertz CT molecular complexity index is 697. The number of aromatic nitrogens is 1. The molecule has 2 aromatic rings. The molecular weight excluding hydrogens is 327 g/mol. The molecule has 0 spiro atoms. The molecule has 9 heteroatoms. The van der Waals surface area contributed by atoms with E-state index in [0.29, 0.717) is 5.75 Å². The second-order valence-electron chi connectivity index (χ2n) is 3.99. The minimum atomic E-state index is -4.39. The van der Waals surface area contributed by atoms with Crippen molar-refractivity contribution in [2.24, 2.45) is 0 Å². The van der Waals surface area contributed by atoms with Crippen LogP contribution in [0.4, 0.5) is 13.2 Å². The van der Waals surface area contributed by atoms with Crippen molar-refractivity contribution in [1.82, 2.24) is 4.98 Å². The molecule has 114 valence electrons. The third-order valence-corrected chi connectivity index (χ3v) is 4.39. The lowest BCUT2D eigenvalue weighted by Gasteiger charge is -2.04. The van der Waals surface area contributed by atoms with Gasteiger partial charge in [0.05, 0.1) is 5.75 Å². The van der Waals surface area contributed by atoms with E-state index in [1.165, 1.54) is 18.2 Å². The number of carbonyl (C=O) groups excluding carboxylic acids is 1. The molecule has 1 atom stereocenters. The largest absolute Gasteiger partial charge is 0.446 e. The highest BCUT2D eigenvalue weighted by molar-refractivity contribution is 8.00. The van der Waals surface area contributed by atoms with Crippen molar-refractivity contribution in [3.63, 3.8) is 0 Å². The molecule has 21 heavy (non-hydrogen) atoms. The molecular formula is C12H10F3NO3S2. The number of thioether (sulfide) groups is 1. The Hall–Kier alpha value is -1.35. The Morgan fingerprint density at radius 1 is 1.43 bits per heavy atom. The molecule has 2 rings (SSSR count). The van der Waals surface area contributed by atoms with Crippen LogP contribution >= 0.6 is 11.8 Å². The molecule has 0 aliphatic carbocycles. The summed E-state index contributed by atoms with van der Waals surface area (Å²) >= 11 is -0.268. The summed E-state index contributed by atoms with van der Waals surface area (Å²) in [5, 5.41) is 0. The quantitative estimate of drug-likeness (QED) is 0.618. The highest BCUT2D eigenvalue weighted by Gasteiger charge is 2.29. The van der Waals surface area contributed by atoms with Gasteiger partial charge in [0, 0.05) is 21.4 Å². The van der Waals surface area contributed by atoms with E-state index in [1.54, 1.807) is 6.92 Å². The smallest absolute Gasteiger partial charge is 0.434 e. The predicted octanol–water partition coefficient (Wildman–Crippen LogP) is 3.39. The van der Waals surface area contributed by atoms with Crippen LogP contribution in [0.2, 0.25) is 0 Å². The minimum Gasteiger partial charge on any atom is -0.434 e. The summed E-state index contributed by atoms with van der Waals surface area (Å²) in [5.74, 6) is -0.649. The van der Waals surface area contributed by atoms with Gasteiger partial charge in [0.1, 0.15) is 5.52 Å². The number of hydrogen-bond acceptors (Lipinski definition) is 5. The zero-order valence-corrected chi connectivity index (χ0v) is 12.4. The average molecular weight is 337 g/mol. The van der Waals surface area contributed by atoms with E-state index in [2.05, 4.69) is 4.98 Å². The van der Waals surface area contributed by atoms with Crippen molar-refractivity contribution >= 4 is 39.4 Å². The number of rotatable bonds is 5. The topological polar surface area (TPSA) is 60.2 Å². The summed E-state index contributed by atoms with van der Waals surface area (Å²) in [5.41, 5.74) is -4.02. The lowest BCUT2D eigenvalue weighted by molar-refractivity contribution is -0.0328. The first-order valence-corrected chi connectivity index (χ1v) is 8.13. The zero-order valence-electron chi connectivity index (χ0n) is 10.8. The lowest BCUT2D eigenvalue weighted by Crippen LogP contribution is -2.12. The van der Waals surface area contributed by atoms with Crippen molar-refractivity contribution in [3.8, 4) is 0 Å². The van der Waals surface area contributed by atoms with E-state index in [9.17, 15) is 22.2 Å². The Labute approximate surface area is 124 Å². The van der Waals surface area contributed by atoms with Crippen LogP contribution in [0, 0.1) is 0 Å². The van der Waals surface area contributed by atoms with E-state index >= 15 is 0 Å². The zero-order chi connectivity index (χ0) is 15.6. The molecule has 1 aromatic carbocycles. The Kier molecular flexibility index (Phi) is 4.72. The van der Waals surface area contributed by atoms with Gasteiger partial charge in [0.2, 0.25) is 5.78 Å². The number of ketones is 1. The summed E-state index contributed by atoms with van der Waals surface area (Å²) in [4.78, 5) is 15.6. The SMILES string of the molecule is CCS(=O)CC(=O)c1nc2cc(SC(F)(F)F)ccc2o1. The van der Waals surface area contributed by atoms with Crippen LogP contribution < -0.4 is 0 Å². The molecule has 0 saturated heterocycles. The van der Waals surface area contributed by atoms with E-state index in [0.717, 1.165) is 0 Å². The summed E-state index contributed by atoms with van der Waals surface area (Å²) in [6.45, 7) is 1.68. The second-order valence-corrected chi connectivity index (χ2v) is 6.88. The van der Waals surface area contributed by atoms with Crippen molar-refractivity contribution in [2.75, 3.05) is 11.5 Å². The van der Waals surface area contributed by atoms with Crippen molar-refractivity contribution in [3.05, 3.63) is 24.1 Å². The summed E-state index contributed by atoms with van der Waals surface area (Å²) < 4.78 is 53.4. The second kappa shape index (κ2) is 6.18. The van der Waals surface area contributed by atoms with Crippen LogP contribution in [-0.2, 0) is 10.8 Å². The fourth-order valence-electron chi connectivity index (χ4n) is 1.53. The number of nitrogens with zero attached hydrogens (tertiary/aromatic N) is 1. The van der Waals surface area contributed by atoms with Gasteiger partial charge in [0.25, 0.3) is 5.89 Å². The van der Waals surface area contributed by atoms with Crippen LogP contribution in [-0.4, -0.2) is 32.0 Å².